The van der Waals surface area contributed by atoms with Crippen molar-refractivity contribution in [1.82, 2.24) is 20.6 Å². The predicted molar refractivity (Wildman–Crippen MR) is 13.6 cm³/mol. The van der Waals surface area contributed by atoms with Crippen molar-refractivity contribution in [3.63, 3.8) is 0 Å². The molecule has 0 aromatic carbocycles. The number of hydrogen-bond donors (Lipinski definition) is 1. The number of aromatic nitrogens is 4. The Labute approximate surface area is 81.9 Å². The van der Waals surface area contributed by atoms with E-state index in [-0.39, 0.29) is 51.4 Å². The second-order valence-electron chi connectivity index (χ2n) is 0.694. The third-order valence-electron chi connectivity index (χ3n) is 0.326. The predicted octanol–water partition coefficient (Wildman–Crippen LogP) is -4.72. The standard InChI is InChI=1S/CH2N4O.K/c6-1-2-4-5-3-1;/h(H2,2,3,4,5,6);/q;+1/p-1. The van der Waals surface area contributed by atoms with Gasteiger partial charge in [0.2, 0.25) is 0 Å². The fourth-order valence-corrected chi connectivity index (χ4v) is 0.153. The summed E-state index contributed by atoms with van der Waals surface area (Å²) < 4.78 is 0. The van der Waals surface area contributed by atoms with E-state index in [9.17, 15) is 5.11 Å². The zero-order chi connectivity index (χ0) is 4.41. The smallest absolute Gasteiger partial charge is 0.842 e. The molecule has 1 N–H and O–H groups in total. The van der Waals surface area contributed by atoms with E-state index in [1.807, 2.05) is 5.21 Å². The number of rotatable bonds is 0. The number of tetrazole rings is 1. The summed E-state index contributed by atoms with van der Waals surface area (Å²) in [6, 6.07) is -0.574. The van der Waals surface area contributed by atoms with E-state index in [0.717, 1.165) is 0 Å². The van der Waals surface area contributed by atoms with E-state index in [4.69, 9.17) is 0 Å². The average Bonchev–Trinajstić information content (AvgIpc) is 1.86. The van der Waals surface area contributed by atoms with Crippen LogP contribution in [-0.2, 0) is 0 Å². The molecule has 0 saturated heterocycles. The molecule has 0 radical (unpaired) electrons. The molecule has 6 heteroatoms. The summed E-state index contributed by atoms with van der Waals surface area (Å²) in [7, 11) is 0. The third kappa shape index (κ3) is 2.34. The summed E-state index contributed by atoms with van der Waals surface area (Å²) in [4.78, 5) is 0. The summed E-state index contributed by atoms with van der Waals surface area (Å²) in [6.45, 7) is 0. The Bertz CT molecular complexity index is 115. The minimum Gasteiger partial charge on any atom is -0.842 e. The molecule has 0 saturated carbocycles. The van der Waals surface area contributed by atoms with E-state index in [2.05, 4.69) is 15.4 Å². The molecule has 1 heterocycles. The molecular weight excluding hydrogens is 123 g/mol. The molecule has 32 valence electrons. The van der Waals surface area contributed by atoms with E-state index < -0.39 is 6.01 Å². The largest absolute Gasteiger partial charge is 1.00 e. The van der Waals surface area contributed by atoms with E-state index >= 15 is 0 Å². The molecule has 1 aromatic rings. The number of aromatic amines is 1. The van der Waals surface area contributed by atoms with E-state index in [1.54, 1.807) is 0 Å². The van der Waals surface area contributed by atoms with Gasteiger partial charge in [-0.25, -0.2) is 0 Å². The topological polar surface area (TPSA) is 77.5 Å². The maximum Gasteiger partial charge on any atom is 1.00 e. The van der Waals surface area contributed by atoms with Crippen LogP contribution in [0.3, 0.4) is 0 Å². The fraction of sp³-hybridized carbons (Fsp3) is 0. The molecule has 0 fully saturated rings. The van der Waals surface area contributed by atoms with Gasteiger partial charge in [0, 0.05) is 0 Å². The summed E-state index contributed by atoms with van der Waals surface area (Å²) in [6.07, 6.45) is 0. The van der Waals surface area contributed by atoms with Crippen molar-refractivity contribution < 1.29 is 56.5 Å². The van der Waals surface area contributed by atoms with Gasteiger partial charge in [-0.15, -0.1) is 5.10 Å². The molecule has 0 bridgehead atoms. The Morgan fingerprint density at radius 1 is 1.57 bits per heavy atom. The first-order valence-corrected chi connectivity index (χ1v) is 1.30. The molecule has 1 rings (SSSR count). The van der Waals surface area contributed by atoms with Gasteiger partial charge in [0.1, 0.15) is 6.01 Å². The minimum absolute atomic E-state index is 0. The fourth-order valence-electron chi connectivity index (χ4n) is 0.153. The Balaban J connectivity index is 0.000000360. The quantitative estimate of drug-likeness (QED) is 0.352. The first-order chi connectivity index (χ1) is 2.89. The average molecular weight is 124 g/mol. The molecule has 7 heavy (non-hydrogen) atoms. The van der Waals surface area contributed by atoms with Crippen LogP contribution in [0.1, 0.15) is 0 Å². The summed E-state index contributed by atoms with van der Waals surface area (Å²) in [5.74, 6) is 0. The van der Waals surface area contributed by atoms with Gasteiger partial charge in [-0.2, -0.15) is 10.3 Å². The Morgan fingerprint density at radius 2 is 2.29 bits per heavy atom. The molecule has 5 nitrogen and oxygen atoms in total. The van der Waals surface area contributed by atoms with Crippen molar-refractivity contribution >= 4 is 0 Å². The van der Waals surface area contributed by atoms with Crippen LogP contribution in [0.4, 0.5) is 0 Å². The van der Waals surface area contributed by atoms with Gasteiger partial charge in [0.05, 0.1) is 0 Å². The Kier molecular flexibility index (Phi) is 3.75. The van der Waals surface area contributed by atoms with Crippen molar-refractivity contribution in [2.45, 2.75) is 0 Å². The van der Waals surface area contributed by atoms with Crippen LogP contribution >= 0.6 is 0 Å². The van der Waals surface area contributed by atoms with Crippen molar-refractivity contribution in [3.05, 3.63) is 0 Å². The van der Waals surface area contributed by atoms with Gasteiger partial charge < -0.3 is 5.11 Å². The molecule has 0 spiro atoms. The van der Waals surface area contributed by atoms with Gasteiger partial charge in [-0.3, -0.25) is 0 Å². The van der Waals surface area contributed by atoms with Crippen LogP contribution in [0.5, 0.6) is 6.01 Å². The van der Waals surface area contributed by atoms with Crippen molar-refractivity contribution in [1.29, 1.82) is 0 Å². The Hall–Kier alpha value is 0.506. The van der Waals surface area contributed by atoms with Crippen LogP contribution in [0.2, 0.25) is 0 Å². The minimum atomic E-state index is -0.574. The molecule has 1 aromatic heterocycles. The van der Waals surface area contributed by atoms with Crippen LogP contribution in [0.25, 0.3) is 0 Å². The number of hydrogen-bond acceptors (Lipinski definition) is 4. The summed E-state index contributed by atoms with van der Waals surface area (Å²) in [5.41, 5.74) is 0. The van der Waals surface area contributed by atoms with Crippen molar-refractivity contribution in [2.75, 3.05) is 0 Å². The molecule has 0 aliphatic heterocycles. The molecular formula is CHKN4O. The zero-order valence-electron chi connectivity index (χ0n) is 3.75. The molecule has 0 amide bonds. The zero-order valence-corrected chi connectivity index (χ0v) is 6.87. The van der Waals surface area contributed by atoms with Gasteiger partial charge in [-0.1, -0.05) is 5.21 Å². The number of nitrogens with zero attached hydrogens (tertiary/aromatic N) is 3. The SMILES string of the molecule is [K+].[O-]c1nn[nH]n1. The first-order valence-electron chi connectivity index (χ1n) is 1.30. The monoisotopic (exact) mass is 124 g/mol. The second kappa shape index (κ2) is 3.50. The van der Waals surface area contributed by atoms with Gasteiger partial charge >= 0.3 is 51.4 Å². The summed E-state index contributed by atoms with van der Waals surface area (Å²) in [5, 5.41) is 20.7. The second-order valence-corrected chi connectivity index (χ2v) is 0.694. The normalized spacial score (nSPS) is 7.43. The molecule has 0 atom stereocenters. The maximum absolute atomic E-state index is 9.75. The van der Waals surface area contributed by atoms with Crippen LogP contribution < -0.4 is 56.5 Å². The Morgan fingerprint density at radius 3 is 2.43 bits per heavy atom. The number of nitrogens with one attached hydrogen (secondary N) is 1. The van der Waals surface area contributed by atoms with E-state index in [0.29, 0.717) is 0 Å². The third-order valence-corrected chi connectivity index (χ3v) is 0.326. The van der Waals surface area contributed by atoms with Crippen LogP contribution in [0.15, 0.2) is 0 Å². The van der Waals surface area contributed by atoms with Crippen molar-refractivity contribution in [2.24, 2.45) is 0 Å². The van der Waals surface area contributed by atoms with Gasteiger partial charge in [-0.05, 0) is 0 Å². The number of H-pyrrole nitrogens is 1. The van der Waals surface area contributed by atoms with E-state index in [1.165, 1.54) is 0 Å². The van der Waals surface area contributed by atoms with Crippen LogP contribution in [-0.4, -0.2) is 20.6 Å². The van der Waals surface area contributed by atoms with Gasteiger partial charge in [0.25, 0.3) is 0 Å². The maximum atomic E-state index is 9.75. The molecule has 0 aliphatic carbocycles. The first kappa shape index (κ1) is 7.51. The molecule has 0 unspecified atom stereocenters. The van der Waals surface area contributed by atoms with Crippen LogP contribution in [0, 0.1) is 0 Å². The van der Waals surface area contributed by atoms with Crippen molar-refractivity contribution in [3.8, 4) is 6.01 Å². The summed E-state index contributed by atoms with van der Waals surface area (Å²) >= 11 is 0. The molecule has 0 aliphatic rings. The van der Waals surface area contributed by atoms with Gasteiger partial charge in [0.15, 0.2) is 0 Å².